The molecule has 0 atom stereocenters. The zero-order valence-electron chi connectivity index (χ0n) is 19.9. The van der Waals surface area contributed by atoms with Crippen molar-refractivity contribution < 1.29 is 4.79 Å². The average molecular weight is 443 g/mol. The maximum atomic E-state index is 11.9. The highest BCUT2D eigenvalue weighted by Gasteiger charge is 2.27. The fourth-order valence-electron chi connectivity index (χ4n) is 4.59. The molecule has 1 heterocycles. The lowest BCUT2D eigenvalue weighted by molar-refractivity contribution is -0.115. The number of anilines is 3. The van der Waals surface area contributed by atoms with Crippen LogP contribution in [0.2, 0.25) is 0 Å². The van der Waals surface area contributed by atoms with Gasteiger partial charge in [0.25, 0.3) is 0 Å². The van der Waals surface area contributed by atoms with Crippen LogP contribution in [0.15, 0.2) is 78.9 Å². The maximum absolute atomic E-state index is 11.9. The number of rotatable bonds is 7. The van der Waals surface area contributed by atoms with E-state index in [0.29, 0.717) is 6.42 Å². The van der Waals surface area contributed by atoms with Crippen LogP contribution < -0.4 is 15.1 Å². The normalized spacial score (nSPS) is 14.4. The molecule has 0 aliphatic carbocycles. The number of nitrogens with one attached hydrogen (secondary N) is 1. The number of amides is 1. The molecule has 0 aromatic heterocycles. The third kappa shape index (κ3) is 5.37. The largest absolute Gasteiger partial charge is 0.376 e. The number of hydrogen-bond acceptors (Lipinski definition) is 4. The summed E-state index contributed by atoms with van der Waals surface area (Å²) in [6.07, 6.45) is 0.476. The number of benzene rings is 3. The summed E-state index contributed by atoms with van der Waals surface area (Å²) in [6.45, 7) is 5.67. The molecular formula is C28H34N4O. The molecule has 1 fully saturated rings. The first-order chi connectivity index (χ1) is 16.1. The van der Waals surface area contributed by atoms with E-state index in [1.54, 1.807) is 0 Å². The zero-order chi connectivity index (χ0) is 23.2. The Kier molecular flexibility index (Phi) is 7.30. The third-order valence-corrected chi connectivity index (χ3v) is 6.31. The van der Waals surface area contributed by atoms with Gasteiger partial charge in [-0.15, -0.1) is 0 Å². The van der Waals surface area contributed by atoms with Crippen molar-refractivity contribution in [3.05, 3.63) is 90.0 Å². The van der Waals surface area contributed by atoms with Crippen molar-refractivity contribution in [3.8, 4) is 0 Å². The van der Waals surface area contributed by atoms with Crippen LogP contribution in [0, 0.1) is 0 Å². The molecule has 3 aromatic rings. The molecule has 3 aromatic carbocycles. The summed E-state index contributed by atoms with van der Waals surface area (Å²) in [6, 6.07) is 28.0. The predicted molar refractivity (Wildman–Crippen MR) is 138 cm³/mol. The quantitative estimate of drug-likeness (QED) is 0.558. The van der Waals surface area contributed by atoms with Crippen LogP contribution >= 0.6 is 0 Å². The van der Waals surface area contributed by atoms with Gasteiger partial charge >= 0.3 is 0 Å². The van der Waals surface area contributed by atoms with E-state index in [9.17, 15) is 4.79 Å². The molecule has 0 bridgehead atoms. The van der Waals surface area contributed by atoms with Gasteiger partial charge in [-0.3, -0.25) is 9.69 Å². The van der Waals surface area contributed by atoms with E-state index in [-0.39, 0.29) is 11.9 Å². The summed E-state index contributed by atoms with van der Waals surface area (Å²) in [7, 11) is 4.14. The van der Waals surface area contributed by atoms with Crippen molar-refractivity contribution in [1.82, 2.24) is 4.90 Å². The van der Waals surface area contributed by atoms with Crippen molar-refractivity contribution in [1.29, 1.82) is 0 Å². The van der Waals surface area contributed by atoms with Crippen molar-refractivity contribution >= 4 is 23.0 Å². The van der Waals surface area contributed by atoms with E-state index in [0.717, 1.165) is 31.9 Å². The van der Waals surface area contributed by atoms with E-state index < -0.39 is 0 Å². The fourth-order valence-corrected chi connectivity index (χ4v) is 4.59. The van der Waals surface area contributed by atoms with Crippen molar-refractivity contribution in [2.75, 3.05) is 55.4 Å². The molecule has 0 unspecified atom stereocenters. The minimum atomic E-state index is 0.0388. The molecule has 0 radical (unpaired) electrons. The van der Waals surface area contributed by atoms with E-state index in [1.165, 1.54) is 22.5 Å². The van der Waals surface area contributed by atoms with Crippen LogP contribution in [0.5, 0.6) is 0 Å². The summed E-state index contributed by atoms with van der Waals surface area (Å²) < 4.78 is 0. The Balaban J connectivity index is 1.56. The smallest absolute Gasteiger partial charge is 0.224 e. The lowest BCUT2D eigenvalue weighted by Crippen LogP contribution is -2.48. The number of nitrogens with zero attached hydrogens (tertiary/aromatic N) is 3. The van der Waals surface area contributed by atoms with Gasteiger partial charge in [-0.2, -0.15) is 0 Å². The molecule has 1 saturated heterocycles. The van der Waals surface area contributed by atoms with Gasteiger partial charge in [-0.05, 0) is 29.3 Å². The van der Waals surface area contributed by atoms with Crippen LogP contribution in [0.3, 0.4) is 0 Å². The van der Waals surface area contributed by atoms with E-state index in [2.05, 4.69) is 107 Å². The van der Waals surface area contributed by atoms with Gasteiger partial charge < -0.3 is 15.1 Å². The lowest BCUT2D eigenvalue weighted by Gasteiger charge is -2.41. The zero-order valence-corrected chi connectivity index (χ0v) is 19.9. The molecule has 172 valence electrons. The van der Waals surface area contributed by atoms with Gasteiger partial charge in [0.05, 0.1) is 17.4 Å². The van der Waals surface area contributed by atoms with E-state index >= 15 is 0 Å². The number of carbonyl (C=O) groups is 1. The van der Waals surface area contributed by atoms with E-state index in [4.69, 9.17) is 0 Å². The minimum Gasteiger partial charge on any atom is -0.376 e. The summed E-state index contributed by atoms with van der Waals surface area (Å²) in [5, 5.41) is 3.01. The van der Waals surface area contributed by atoms with Crippen molar-refractivity contribution in [2.45, 2.75) is 19.4 Å². The van der Waals surface area contributed by atoms with Crippen LogP contribution in [0.25, 0.3) is 0 Å². The van der Waals surface area contributed by atoms with Crippen molar-refractivity contribution in [2.24, 2.45) is 0 Å². The van der Waals surface area contributed by atoms with Gasteiger partial charge in [0.2, 0.25) is 5.91 Å². The molecule has 5 nitrogen and oxygen atoms in total. The Hall–Kier alpha value is -3.31. The summed E-state index contributed by atoms with van der Waals surface area (Å²) in [4.78, 5) is 19.1. The summed E-state index contributed by atoms with van der Waals surface area (Å²) in [5.74, 6) is 0.0388. The predicted octanol–water partition coefficient (Wildman–Crippen LogP) is 5.01. The molecule has 1 amide bonds. The Bertz CT molecular complexity index is 1000. The molecule has 1 aliphatic heterocycles. The SMILES string of the molecule is CCC(=O)Nc1ccc(N(C)C)c(N2CCN(C(c3ccccc3)c3ccccc3)CC2)c1. The van der Waals surface area contributed by atoms with Crippen LogP contribution in [0.1, 0.15) is 30.5 Å². The Morgan fingerprint density at radius 2 is 1.45 bits per heavy atom. The first kappa shape index (κ1) is 22.9. The van der Waals surface area contributed by atoms with Gasteiger partial charge in [0.15, 0.2) is 0 Å². The number of piperazine rings is 1. The van der Waals surface area contributed by atoms with Gasteiger partial charge in [0.1, 0.15) is 0 Å². The lowest BCUT2D eigenvalue weighted by atomic mass is 9.96. The first-order valence-electron chi connectivity index (χ1n) is 11.8. The molecular weight excluding hydrogens is 408 g/mol. The van der Waals surface area contributed by atoms with Crippen LogP contribution in [-0.4, -0.2) is 51.1 Å². The molecule has 0 spiro atoms. The Morgan fingerprint density at radius 1 is 0.879 bits per heavy atom. The highest BCUT2D eigenvalue weighted by atomic mass is 16.1. The Morgan fingerprint density at radius 3 is 1.97 bits per heavy atom. The topological polar surface area (TPSA) is 38.8 Å². The first-order valence-corrected chi connectivity index (χ1v) is 11.8. The fraction of sp³-hybridized carbons (Fsp3) is 0.321. The molecule has 1 aliphatic rings. The van der Waals surface area contributed by atoms with Crippen LogP contribution in [-0.2, 0) is 4.79 Å². The molecule has 4 rings (SSSR count). The minimum absolute atomic E-state index is 0.0388. The molecule has 5 heteroatoms. The number of carbonyl (C=O) groups excluding carboxylic acids is 1. The standard InChI is InChI=1S/C28H34N4O/c1-4-27(33)29-24-15-16-25(30(2)3)26(21-24)31-17-19-32(20-18-31)28(22-11-7-5-8-12-22)23-13-9-6-10-14-23/h5-16,21,28H,4,17-20H2,1-3H3,(H,29,33). The summed E-state index contributed by atoms with van der Waals surface area (Å²) in [5.41, 5.74) is 5.85. The van der Waals surface area contributed by atoms with E-state index in [1.807, 2.05) is 13.0 Å². The van der Waals surface area contributed by atoms with Crippen LogP contribution in [0.4, 0.5) is 17.1 Å². The monoisotopic (exact) mass is 442 g/mol. The molecule has 1 N–H and O–H groups in total. The Labute approximate surface area is 197 Å². The van der Waals surface area contributed by atoms with Gasteiger partial charge in [-0.25, -0.2) is 0 Å². The van der Waals surface area contributed by atoms with Gasteiger partial charge in [-0.1, -0.05) is 67.6 Å². The highest BCUT2D eigenvalue weighted by molar-refractivity contribution is 5.92. The maximum Gasteiger partial charge on any atom is 0.224 e. The second kappa shape index (κ2) is 10.5. The average Bonchev–Trinajstić information content (AvgIpc) is 2.86. The van der Waals surface area contributed by atoms with Gasteiger partial charge in [0, 0.05) is 52.4 Å². The third-order valence-electron chi connectivity index (χ3n) is 6.31. The second-order valence-corrected chi connectivity index (χ2v) is 8.75. The summed E-state index contributed by atoms with van der Waals surface area (Å²) >= 11 is 0. The molecule has 33 heavy (non-hydrogen) atoms. The van der Waals surface area contributed by atoms with Crippen molar-refractivity contribution in [3.63, 3.8) is 0 Å². The highest BCUT2D eigenvalue weighted by Crippen LogP contribution is 2.34. The second-order valence-electron chi connectivity index (χ2n) is 8.75. The number of hydrogen-bond donors (Lipinski definition) is 1. The molecule has 0 saturated carbocycles.